The monoisotopic (exact) mass is 330 g/mol. The first-order valence-corrected chi connectivity index (χ1v) is 6.65. The highest BCUT2D eigenvalue weighted by atomic mass is 127. The summed E-state index contributed by atoms with van der Waals surface area (Å²) in [6.07, 6.45) is 0. The fourth-order valence-corrected chi connectivity index (χ4v) is 2.54. The number of rotatable bonds is 1. The van der Waals surface area contributed by atoms with Gasteiger partial charge in [0.15, 0.2) is 0 Å². The first-order chi connectivity index (χ1) is 8.33. The lowest BCUT2D eigenvalue weighted by molar-refractivity contribution is 1.63. The molecule has 0 saturated carbocycles. The molecule has 0 aliphatic carbocycles. The van der Waals surface area contributed by atoms with Gasteiger partial charge in [-0.1, -0.05) is 48.5 Å². The van der Waals surface area contributed by atoms with Gasteiger partial charge in [-0.2, -0.15) is 0 Å². The molecule has 0 heterocycles. The first-order valence-electron chi connectivity index (χ1n) is 5.58. The van der Waals surface area contributed by atoms with Crippen LogP contribution in [0.15, 0.2) is 66.7 Å². The van der Waals surface area contributed by atoms with Crippen LogP contribution < -0.4 is 0 Å². The summed E-state index contributed by atoms with van der Waals surface area (Å²) in [5.41, 5.74) is 2.55. The third-order valence-corrected chi connectivity index (χ3v) is 3.58. The quantitative estimate of drug-likeness (QED) is 0.544. The Kier molecular flexibility index (Phi) is 2.85. The average Bonchev–Trinajstić information content (AvgIpc) is 2.39. The van der Waals surface area contributed by atoms with E-state index in [2.05, 4.69) is 83.3 Å². The van der Waals surface area contributed by atoms with Crippen LogP contribution in [0.2, 0.25) is 0 Å². The van der Waals surface area contributed by atoms with Crippen LogP contribution in [-0.4, -0.2) is 0 Å². The zero-order valence-electron chi connectivity index (χ0n) is 9.23. The van der Waals surface area contributed by atoms with Crippen molar-refractivity contribution in [2.75, 3.05) is 0 Å². The molecule has 0 unspecified atom stereocenters. The van der Waals surface area contributed by atoms with Crippen molar-refractivity contribution < 1.29 is 0 Å². The van der Waals surface area contributed by atoms with Crippen molar-refractivity contribution >= 4 is 33.4 Å². The third kappa shape index (κ3) is 2.20. The Bertz CT molecular complexity index is 657. The summed E-state index contributed by atoms with van der Waals surface area (Å²) in [6, 6.07) is 23.7. The van der Waals surface area contributed by atoms with Crippen molar-refractivity contribution in [1.29, 1.82) is 0 Å². The largest absolute Gasteiger partial charge is 0.0622 e. The van der Waals surface area contributed by atoms with Gasteiger partial charge in [0.25, 0.3) is 0 Å². The molecular formula is C16H11I. The molecule has 3 aromatic carbocycles. The maximum Gasteiger partial charge on any atom is 0.0136 e. The lowest BCUT2D eigenvalue weighted by Gasteiger charge is -2.04. The van der Waals surface area contributed by atoms with Crippen molar-refractivity contribution in [3.05, 3.63) is 70.3 Å². The van der Waals surface area contributed by atoms with E-state index in [1.165, 1.54) is 25.5 Å². The Morgan fingerprint density at radius 1 is 0.588 bits per heavy atom. The SMILES string of the molecule is Ic1ccc2cc(-c3ccccc3)ccc2c1. The van der Waals surface area contributed by atoms with E-state index in [0.717, 1.165) is 0 Å². The number of fused-ring (bicyclic) bond motifs is 1. The fraction of sp³-hybridized carbons (Fsp3) is 0. The summed E-state index contributed by atoms with van der Waals surface area (Å²) in [4.78, 5) is 0. The maximum atomic E-state index is 2.35. The van der Waals surface area contributed by atoms with E-state index in [1.807, 2.05) is 6.07 Å². The molecule has 0 atom stereocenters. The predicted octanol–water partition coefficient (Wildman–Crippen LogP) is 5.11. The van der Waals surface area contributed by atoms with Crippen molar-refractivity contribution in [1.82, 2.24) is 0 Å². The average molecular weight is 330 g/mol. The van der Waals surface area contributed by atoms with Crippen molar-refractivity contribution in [2.45, 2.75) is 0 Å². The molecule has 0 aromatic heterocycles. The summed E-state index contributed by atoms with van der Waals surface area (Å²) in [5, 5.41) is 2.60. The number of benzene rings is 3. The van der Waals surface area contributed by atoms with Gasteiger partial charge in [0.1, 0.15) is 0 Å². The summed E-state index contributed by atoms with van der Waals surface area (Å²) in [6.45, 7) is 0. The van der Waals surface area contributed by atoms with Crippen LogP contribution in [-0.2, 0) is 0 Å². The maximum absolute atomic E-state index is 2.35. The van der Waals surface area contributed by atoms with Gasteiger partial charge in [-0.3, -0.25) is 0 Å². The van der Waals surface area contributed by atoms with E-state index >= 15 is 0 Å². The lowest BCUT2D eigenvalue weighted by Crippen LogP contribution is -1.79. The Morgan fingerprint density at radius 2 is 1.29 bits per heavy atom. The van der Waals surface area contributed by atoms with Gasteiger partial charge < -0.3 is 0 Å². The molecule has 0 radical (unpaired) electrons. The highest BCUT2D eigenvalue weighted by molar-refractivity contribution is 14.1. The van der Waals surface area contributed by atoms with Gasteiger partial charge in [-0.15, -0.1) is 0 Å². The molecule has 0 aliphatic rings. The van der Waals surface area contributed by atoms with Crippen molar-refractivity contribution in [3.63, 3.8) is 0 Å². The summed E-state index contributed by atoms with van der Waals surface area (Å²) >= 11 is 2.35. The van der Waals surface area contributed by atoms with Crippen LogP contribution in [0.25, 0.3) is 21.9 Å². The molecule has 0 fully saturated rings. The minimum Gasteiger partial charge on any atom is -0.0622 e. The number of hydrogen-bond donors (Lipinski definition) is 0. The minimum absolute atomic E-state index is 1.27. The molecular weight excluding hydrogens is 319 g/mol. The van der Waals surface area contributed by atoms with E-state index in [9.17, 15) is 0 Å². The van der Waals surface area contributed by atoms with Crippen LogP contribution in [0.4, 0.5) is 0 Å². The molecule has 17 heavy (non-hydrogen) atoms. The van der Waals surface area contributed by atoms with Gasteiger partial charge in [-0.05, 0) is 62.7 Å². The smallest absolute Gasteiger partial charge is 0.0136 e. The Labute approximate surface area is 114 Å². The van der Waals surface area contributed by atoms with Gasteiger partial charge in [-0.25, -0.2) is 0 Å². The molecule has 82 valence electrons. The van der Waals surface area contributed by atoms with Gasteiger partial charge in [0.05, 0.1) is 0 Å². The lowest BCUT2D eigenvalue weighted by atomic mass is 10.0. The van der Waals surface area contributed by atoms with Crippen molar-refractivity contribution in [2.24, 2.45) is 0 Å². The van der Waals surface area contributed by atoms with Crippen molar-refractivity contribution in [3.8, 4) is 11.1 Å². The van der Waals surface area contributed by atoms with Gasteiger partial charge in [0.2, 0.25) is 0 Å². The second kappa shape index (κ2) is 4.49. The van der Waals surface area contributed by atoms with Gasteiger partial charge >= 0.3 is 0 Å². The molecule has 0 aliphatic heterocycles. The molecule has 0 amide bonds. The highest BCUT2D eigenvalue weighted by Crippen LogP contribution is 2.25. The zero-order chi connectivity index (χ0) is 11.7. The Hall–Kier alpha value is -1.35. The van der Waals surface area contributed by atoms with Gasteiger partial charge in [0, 0.05) is 3.57 Å². The van der Waals surface area contributed by atoms with Crippen LogP contribution >= 0.6 is 22.6 Å². The summed E-state index contributed by atoms with van der Waals surface area (Å²) < 4.78 is 1.28. The molecule has 0 nitrogen and oxygen atoms in total. The van der Waals surface area contributed by atoms with E-state index in [1.54, 1.807) is 0 Å². The molecule has 3 rings (SSSR count). The number of hydrogen-bond acceptors (Lipinski definition) is 0. The second-order valence-electron chi connectivity index (χ2n) is 4.07. The normalized spacial score (nSPS) is 10.6. The number of halogens is 1. The first kappa shape index (κ1) is 10.8. The molecule has 3 aromatic rings. The van der Waals surface area contributed by atoms with E-state index in [4.69, 9.17) is 0 Å². The van der Waals surface area contributed by atoms with E-state index < -0.39 is 0 Å². The highest BCUT2D eigenvalue weighted by Gasteiger charge is 1.99. The minimum atomic E-state index is 1.27. The topological polar surface area (TPSA) is 0 Å². The fourth-order valence-electron chi connectivity index (χ4n) is 2.03. The zero-order valence-corrected chi connectivity index (χ0v) is 11.4. The molecule has 0 spiro atoms. The van der Waals surface area contributed by atoms with Crippen LogP contribution in [0.3, 0.4) is 0 Å². The molecule has 0 bridgehead atoms. The summed E-state index contributed by atoms with van der Waals surface area (Å²) in [7, 11) is 0. The Balaban J connectivity index is 2.17. The van der Waals surface area contributed by atoms with E-state index in [-0.39, 0.29) is 0 Å². The molecule has 0 saturated heterocycles. The molecule has 1 heteroatoms. The van der Waals surface area contributed by atoms with Crippen LogP contribution in [0.5, 0.6) is 0 Å². The summed E-state index contributed by atoms with van der Waals surface area (Å²) in [5.74, 6) is 0. The Morgan fingerprint density at radius 3 is 2.12 bits per heavy atom. The molecule has 0 N–H and O–H groups in total. The predicted molar refractivity (Wildman–Crippen MR) is 82.1 cm³/mol. The van der Waals surface area contributed by atoms with E-state index in [0.29, 0.717) is 0 Å². The van der Waals surface area contributed by atoms with Crippen LogP contribution in [0.1, 0.15) is 0 Å². The third-order valence-electron chi connectivity index (χ3n) is 2.91. The standard InChI is InChI=1S/C16H11I/c17-16-9-8-14-10-13(6-7-15(14)11-16)12-4-2-1-3-5-12/h1-11H. The second-order valence-corrected chi connectivity index (χ2v) is 5.32. The van der Waals surface area contributed by atoms with Crippen LogP contribution in [0, 0.1) is 3.57 Å².